The zero-order chi connectivity index (χ0) is 48.0. The Morgan fingerprint density at radius 1 is 0.600 bits per heavy atom. The van der Waals surface area contributed by atoms with Gasteiger partial charge in [0.1, 0.15) is 101 Å². The summed E-state index contributed by atoms with van der Waals surface area (Å²) in [5.74, 6) is -17.8. The van der Waals surface area contributed by atoms with Crippen molar-refractivity contribution in [3.63, 3.8) is 0 Å². The van der Waals surface area contributed by atoms with Gasteiger partial charge in [-0.25, -0.2) is 0 Å². The van der Waals surface area contributed by atoms with E-state index in [9.17, 15) is 100 Å². The number of Topliss-reactive ketones (excluding diaryl/α,β-unsaturated/α-hetero) is 5. The first kappa shape index (κ1) is 48.3. The van der Waals surface area contributed by atoms with Crippen LogP contribution in [0.25, 0.3) is 12.2 Å². The van der Waals surface area contributed by atoms with E-state index in [1.54, 1.807) is 0 Å². The molecule has 2 saturated heterocycles. The van der Waals surface area contributed by atoms with Gasteiger partial charge in [-0.05, 0) is 47.5 Å². The monoisotopic (exact) mass is 910 g/mol. The highest BCUT2D eigenvalue weighted by molar-refractivity contribution is 6.41. The Hall–Kier alpha value is -6.12. The van der Waals surface area contributed by atoms with Gasteiger partial charge in [0.15, 0.2) is 17.3 Å². The van der Waals surface area contributed by atoms with Crippen LogP contribution in [0.3, 0.4) is 0 Å². The van der Waals surface area contributed by atoms with Crippen LogP contribution in [0.4, 0.5) is 0 Å². The van der Waals surface area contributed by atoms with Gasteiger partial charge in [0.25, 0.3) is 0 Å². The predicted molar refractivity (Wildman–Crippen MR) is 213 cm³/mol. The largest absolute Gasteiger partial charge is 0.508 e. The third kappa shape index (κ3) is 8.26. The fourth-order valence-electron chi connectivity index (χ4n) is 7.82. The molecule has 2 heterocycles. The molecule has 0 amide bonds. The number of aromatic hydroxyl groups is 2. The number of phenols is 2. The number of ketones is 6. The smallest absolute Gasteiger partial charge is 0.220 e. The molecule has 13 atom stereocenters. The number of carbonyl (C=O) groups is 6. The third-order valence-corrected chi connectivity index (χ3v) is 11.5. The van der Waals surface area contributed by atoms with Gasteiger partial charge in [-0.15, -0.1) is 0 Å². The standard InChI is InChI=1S/C43H42O22/c44-14-24-30(52)32(54)34(56)40(64-24)42(62)36(58)20(28(50)26(38(42)60)22(48)11-5-16-1-7-18(46)8-2-16)13-21-29(51)27(23(49)12-6-17-3-9-19(47)10-4-17)39(61)43(63,37(21)59)41-35(57)33(55)31(53)25(15-45)65-41/h1-13,20,24-25,30-35,40-41,44-48,51-57,62-63H,14-15H2. The van der Waals surface area contributed by atoms with E-state index in [1.807, 2.05) is 0 Å². The van der Waals surface area contributed by atoms with Gasteiger partial charge in [0.05, 0.1) is 18.8 Å². The molecule has 2 aliphatic heterocycles. The molecule has 3 fully saturated rings. The molecular weight excluding hydrogens is 868 g/mol. The summed E-state index contributed by atoms with van der Waals surface area (Å²) < 4.78 is 10.6. The summed E-state index contributed by atoms with van der Waals surface area (Å²) in [6.45, 7) is -2.36. The van der Waals surface area contributed by atoms with Gasteiger partial charge in [-0.3, -0.25) is 28.8 Å². The number of hydrogen-bond acceptors (Lipinski definition) is 22. The minimum absolute atomic E-state index is 0.124. The van der Waals surface area contributed by atoms with Crippen molar-refractivity contribution >= 4 is 46.9 Å². The summed E-state index contributed by atoms with van der Waals surface area (Å²) in [7, 11) is 0. The van der Waals surface area contributed by atoms with Crippen molar-refractivity contribution in [2.75, 3.05) is 13.2 Å². The number of aliphatic hydroxyl groups is 12. The minimum Gasteiger partial charge on any atom is -0.508 e. The highest BCUT2D eigenvalue weighted by Crippen LogP contribution is 2.42. The molecule has 2 aromatic carbocycles. The van der Waals surface area contributed by atoms with Crippen LogP contribution in [0.1, 0.15) is 11.1 Å². The number of aliphatic hydroxyl groups excluding tert-OH is 10. The first-order valence-corrected chi connectivity index (χ1v) is 19.4. The maximum Gasteiger partial charge on any atom is 0.220 e. The highest BCUT2D eigenvalue weighted by atomic mass is 16.6. The zero-order valence-electron chi connectivity index (χ0n) is 33.3. The third-order valence-electron chi connectivity index (χ3n) is 11.5. The Morgan fingerprint density at radius 3 is 1.51 bits per heavy atom. The molecule has 0 radical (unpaired) electrons. The summed E-state index contributed by atoms with van der Waals surface area (Å²) in [6.07, 6.45) is -20.0. The van der Waals surface area contributed by atoms with Crippen LogP contribution in [-0.2, 0) is 38.2 Å². The predicted octanol–water partition coefficient (Wildman–Crippen LogP) is -4.42. The number of ether oxygens (including phenoxy) is 2. The fraction of sp³-hybridized carbons (Fsp3) is 0.349. The van der Waals surface area contributed by atoms with E-state index in [1.165, 1.54) is 48.5 Å². The second-order valence-electron chi connectivity index (χ2n) is 15.5. The molecule has 0 aromatic heterocycles. The van der Waals surface area contributed by atoms with Gasteiger partial charge >= 0.3 is 0 Å². The van der Waals surface area contributed by atoms with Crippen LogP contribution >= 0.6 is 0 Å². The van der Waals surface area contributed by atoms with E-state index in [0.29, 0.717) is 12.2 Å². The summed E-state index contributed by atoms with van der Waals surface area (Å²) in [5.41, 5.74) is -12.0. The highest BCUT2D eigenvalue weighted by Gasteiger charge is 2.67. The molecule has 0 bridgehead atoms. The number of phenolic OH excluding ortho intramolecular Hbond substituents is 2. The Labute approximate surface area is 365 Å². The van der Waals surface area contributed by atoms with Crippen molar-refractivity contribution in [1.82, 2.24) is 0 Å². The number of benzene rings is 2. The Balaban J connectivity index is 1.59. The summed E-state index contributed by atoms with van der Waals surface area (Å²) >= 11 is 0. The molecule has 6 rings (SSSR count). The zero-order valence-corrected chi connectivity index (χ0v) is 33.3. The van der Waals surface area contributed by atoms with Gasteiger partial charge in [0, 0.05) is 0 Å². The molecule has 65 heavy (non-hydrogen) atoms. The number of allylic oxidation sites excluding steroid dienone is 4. The van der Waals surface area contributed by atoms with E-state index in [4.69, 9.17) is 9.47 Å². The van der Waals surface area contributed by atoms with E-state index in [-0.39, 0.29) is 28.7 Å². The molecule has 2 aromatic rings. The molecule has 346 valence electrons. The number of rotatable bonds is 10. The quantitative estimate of drug-likeness (QED) is 0.0463. The first-order valence-electron chi connectivity index (χ1n) is 19.4. The van der Waals surface area contributed by atoms with E-state index in [2.05, 4.69) is 0 Å². The number of hydrogen-bond donors (Lipinski definition) is 14. The second kappa shape index (κ2) is 18.4. The lowest BCUT2D eigenvalue weighted by molar-refractivity contribution is -0.261. The normalized spacial score (nSPS) is 36.3. The summed E-state index contributed by atoms with van der Waals surface area (Å²) in [5, 5.41) is 150. The van der Waals surface area contributed by atoms with E-state index < -0.39 is 154 Å². The second-order valence-corrected chi connectivity index (χ2v) is 15.5. The van der Waals surface area contributed by atoms with Crippen LogP contribution in [-0.4, -0.2) is 192 Å². The lowest BCUT2D eigenvalue weighted by Gasteiger charge is -2.47. The van der Waals surface area contributed by atoms with Gasteiger partial charge < -0.3 is 81.0 Å². The first-order chi connectivity index (χ1) is 30.5. The molecule has 13 unspecified atom stereocenters. The van der Waals surface area contributed by atoms with Crippen molar-refractivity contribution in [3.05, 3.63) is 106 Å². The molecule has 22 nitrogen and oxygen atoms in total. The van der Waals surface area contributed by atoms with Crippen molar-refractivity contribution in [3.8, 4) is 11.5 Å². The molecule has 4 aliphatic rings. The van der Waals surface area contributed by atoms with E-state index >= 15 is 0 Å². The van der Waals surface area contributed by atoms with Gasteiger partial charge in [-0.2, -0.15) is 0 Å². The average molecular weight is 911 g/mol. The summed E-state index contributed by atoms with van der Waals surface area (Å²) in [4.78, 5) is 85.7. The molecule has 22 heteroatoms. The maximum absolute atomic E-state index is 14.5. The lowest BCUT2D eigenvalue weighted by Crippen LogP contribution is -2.72. The van der Waals surface area contributed by atoms with Gasteiger partial charge in [0.2, 0.25) is 28.6 Å². The van der Waals surface area contributed by atoms with Crippen molar-refractivity contribution in [1.29, 1.82) is 0 Å². The fourth-order valence-corrected chi connectivity index (χ4v) is 7.82. The van der Waals surface area contributed by atoms with Crippen molar-refractivity contribution in [2.45, 2.75) is 72.2 Å². The molecule has 2 aliphatic carbocycles. The minimum atomic E-state index is -3.97. The molecule has 14 N–H and O–H groups in total. The van der Waals surface area contributed by atoms with Crippen molar-refractivity contribution < 1.29 is 110 Å². The van der Waals surface area contributed by atoms with Gasteiger partial charge in [-0.1, -0.05) is 42.5 Å². The maximum atomic E-state index is 14.5. The van der Waals surface area contributed by atoms with Crippen LogP contribution in [0.5, 0.6) is 11.5 Å². The Kier molecular flexibility index (Phi) is 13.7. The Bertz CT molecular complexity index is 2430. The average Bonchev–Trinajstić information content (AvgIpc) is 3.28. The van der Waals surface area contributed by atoms with Crippen LogP contribution in [0, 0.1) is 5.92 Å². The lowest BCUT2D eigenvalue weighted by atomic mass is 9.65. The van der Waals surface area contributed by atoms with Crippen molar-refractivity contribution in [2.24, 2.45) is 5.92 Å². The van der Waals surface area contributed by atoms with E-state index in [0.717, 1.165) is 12.2 Å². The number of carbonyl (C=O) groups excluding carboxylic acids is 6. The van der Waals surface area contributed by atoms with Crippen LogP contribution in [0.2, 0.25) is 0 Å². The van der Waals surface area contributed by atoms with Crippen LogP contribution in [0.15, 0.2) is 95.0 Å². The molecule has 1 saturated carbocycles. The molecular formula is C43H42O22. The van der Waals surface area contributed by atoms with Crippen LogP contribution < -0.4 is 0 Å². The topological polar surface area (TPSA) is 404 Å². The molecule has 0 spiro atoms. The summed E-state index contributed by atoms with van der Waals surface area (Å²) in [6, 6.07) is 9.98. The SMILES string of the molecule is O=C(C=Cc1ccc(O)cc1)C1=C(O)C(=CC2C(=O)C(=C(O)C=Cc3ccc(O)cc3)C(=O)C(O)(C3OC(CO)C(O)C(O)C3O)C2=O)C(=O)C(O)(C2OC(CO)C(O)C(O)C2O)C1=O. The Morgan fingerprint density at radius 2 is 1.05 bits per heavy atom.